The Hall–Kier alpha value is 0.354. The van der Waals surface area contributed by atoms with Gasteiger partial charge in [-0.2, -0.15) is 0 Å². The first-order valence-electron chi connectivity index (χ1n) is 7.06. The number of hydrogen-bond donors (Lipinski definition) is 1. The van der Waals surface area contributed by atoms with Gasteiger partial charge < -0.3 is 9.53 Å². The lowest BCUT2D eigenvalue weighted by molar-refractivity contribution is 0.133. The summed E-state index contributed by atoms with van der Waals surface area (Å²) in [6.07, 6.45) is 0.583. The second kappa shape index (κ2) is 7.07. The first-order valence-corrected chi connectivity index (χ1v) is 13.2. The first kappa shape index (κ1) is 17.4. The zero-order chi connectivity index (χ0) is 13.7. The smallest absolute Gasteiger partial charge is 0.183 e. The fourth-order valence-electron chi connectivity index (χ4n) is 2.59. The summed E-state index contributed by atoms with van der Waals surface area (Å²) in [5, 5.41) is 9.73. The van der Waals surface area contributed by atoms with Crippen molar-refractivity contribution in [1.82, 2.24) is 0 Å². The molecule has 4 heteroatoms. The van der Waals surface area contributed by atoms with Gasteiger partial charge >= 0.3 is 0 Å². The third-order valence-corrected chi connectivity index (χ3v) is 11.0. The second-order valence-corrected chi connectivity index (χ2v) is 16.2. The second-order valence-electron chi connectivity index (χ2n) is 6.23. The van der Waals surface area contributed by atoms with Gasteiger partial charge in [0.1, 0.15) is 0 Å². The number of aliphatic hydroxyl groups is 1. The van der Waals surface area contributed by atoms with Crippen LogP contribution in [0.1, 0.15) is 34.1 Å². The molecule has 0 amide bonds. The molecule has 0 aliphatic rings. The van der Waals surface area contributed by atoms with Crippen molar-refractivity contribution < 1.29 is 9.53 Å². The molecule has 0 spiro atoms. The van der Waals surface area contributed by atoms with E-state index < -0.39 is 16.4 Å². The molecule has 2 atom stereocenters. The van der Waals surface area contributed by atoms with E-state index in [1.165, 1.54) is 18.1 Å². The van der Waals surface area contributed by atoms with Crippen LogP contribution in [0.4, 0.5) is 0 Å². The monoisotopic (exact) mass is 276 g/mol. The van der Waals surface area contributed by atoms with Crippen LogP contribution in [0.3, 0.4) is 0 Å². The van der Waals surface area contributed by atoms with Gasteiger partial charge in [-0.1, -0.05) is 38.9 Å². The van der Waals surface area contributed by atoms with Gasteiger partial charge in [-0.3, -0.25) is 0 Å². The van der Waals surface area contributed by atoms with Crippen LogP contribution in [-0.2, 0) is 4.43 Å². The van der Waals surface area contributed by atoms with Crippen molar-refractivity contribution in [3.8, 4) is 0 Å². The van der Waals surface area contributed by atoms with Crippen molar-refractivity contribution in [1.29, 1.82) is 0 Å². The summed E-state index contributed by atoms with van der Waals surface area (Å²) in [6, 6.07) is 3.80. The highest BCUT2D eigenvalue weighted by Crippen LogP contribution is 2.31. The van der Waals surface area contributed by atoms with E-state index in [0.717, 1.165) is 6.42 Å². The van der Waals surface area contributed by atoms with Crippen LogP contribution >= 0.6 is 0 Å². The normalized spacial score (nSPS) is 16.9. The zero-order valence-electron chi connectivity index (χ0n) is 12.8. The number of rotatable bonds is 8. The third kappa shape index (κ3) is 5.68. The standard InChI is InChI=1S/C13H32O2Si2/c1-8-17(9-2,10-3)13(11-12(4)14)15-16(5,6)7/h12-14H,8-11H2,1-7H3/t12-,13-/m1/s1. The molecule has 1 N–H and O–H groups in total. The molecule has 0 rings (SSSR count). The molecule has 0 aromatic heterocycles. The summed E-state index contributed by atoms with van der Waals surface area (Å²) < 4.78 is 6.43. The Kier molecular flexibility index (Phi) is 7.22. The van der Waals surface area contributed by atoms with Crippen molar-refractivity contribution >= 4 is 16.4 Å². The molecular weight excluding hydrogens is 244 g/mol. The van der Waals surface area contributed by atoms with Crippen LogP contribution in [0.15, 0.2) is 0 Å². The van der Waals surface area contributed by atoms with E-state index in [2.05, 4.69) is 40.4 Å². The lowest BCUT2D eigenvalue weighted by Crippen LogP contribution is -2.52. The molecule has 0 radical (unpaired) electrons. The van der Waals surface area contributed by atoms with Gasteiger partial charge in [-0.05, 0) is 33.0 Å². The maximum atomic E-state index is 9.73. The Morgan fingerprint density at radius 1 is 1.00 bits per heavy atom. The molecule has 0 heterocycles. The molecule has 0 unspecified atom stereocenters. The average Bonchev–Trinajstić information content (AvgIpc) is 2.17. The van der Waals surface area contributed by atoms with Crippen LogP contribution in [0.2, 0.25) is 37.8 Å². The van der Waals surface area contributed by atoms with Gasteiger partial charge in [-0.25, -0.2) is 0 Å². The van der Waals surface area contributed by atoms with Crippen molar-refractivity contribution in [3.05, 3.63) is 0 Å². The number of hydrogen-bond acceptors (Lipinski definition) is 2. The van der Waals surface area contributed by atoms with Gasteiger partial charge in [0.2, 0.25) is 0 Å². The summed E-state index contributed by atoms with van der Waals surface area (Å²) >= 11 is 0. The van der Waals surface area contributed by atoms with Gasteiger partial charge in [0.25, 0.3) is 0 Å². The maximum absolute atomic E-state index is 9.73. The molecule has 0 aromatic rings. The molecule has 0 bridgehead atoms. The maximum Gasteiger partial charge on any atom is 0.183 e. The van der Waals surface area contributed by atoms with E-state index in [1.54, 1.807) is 0 Å². The minimum atomic E-state index is -1.52. The van der Waals surface area contributed by atoms with E-state index in [-0.39, 0.29) is 6.10 Å². The highest BCUT2D eigenvalue weighted by molar-refractivity contribution is 6.82. The Morgan fingerprint density at radius 2 is 1.41 bits per heavy atom. The van der Waals surface area contributed by atoms with Gasteiger partial charge in [0, 0.05) is 5.73 Å². The molecule has 0 saturated carbocycles. The Labute approximate surface area is 110 Å². The van der Waals surface area contributed by atoms with Crippen LogP contribution in [0.5, 0.6) is 0 Å². The molecule has 0 fully saturated rings. The third-order valence-electron chi connectivity index (χ3n) is 3.85. The summed E-state index contributed by atoms with van der Waals surface area (Å²) in [4.78, 5) is 0. The molecule has 0 aromatic carbocycles. The van der Waals surface area contributed by atoms with E-state index in [0.29, 0.717) is 5.73 Å². The largest absolute Gasteiger partial charge is 0.418 e. The Morgan fingerprint density at radius 3 is 1.65 bits per heavy atom. The minimum Gasteiger partial charge on any atom is -0.418 e. The van der Waals surface area contributed by atoms with Crippen molar-refractivity contribution in [2.75, 3.05) is 0 Å². The summed E-state index contributed by atoms with van der Waals surface area (Å²) in [7, 11) is -2.89. The van der Waals surface area contributed by atoms with E-state index in [1.807, 2.05) is 6.92 Å². The fourth-order valence-corrected chi connectivity index (χ4v) is 9.31. The summed E-state index contributed by atoms with van der Waals surface area (Å²) in [5.41, 5.74) is 0.342. The highest BCUT2D eigenvalue weighted by atomic mass is 28.4. The molecule has 2 nitrogen and oxygen atoms in total. The van der Waals surface area contributed by atoms with E-state index in [4.69, 9.17) is 4.43 Å². The number of aliphatic hydroxyl groups excluding tert-OH is 1. The molecule has 0 saturated heterocycles. The molecular formula is C13H32O2Si2. The Balaban J connectivity index is 4.99. The summed E-state index contributed by atoms with van der Waals surface area (Å²) in [6.45, 7) is 15.6. The quantitative estimate of drug-likeness (QED) is 0.678. The highest BCUT2D eigenvalue weighted by Gasteiger charge is 2.39. The lowest BCUT2D eigenvalue weighted by atomic mass is 10.3. The van der Waals surface area contributed by atoms with Crippen LogP contribution in [0, 0.1) is 0 Å². The average molecular weight is 277 g/mol. The predicted octanol–water partition coefficient (Wildman–Crippen LogP) is 4.03. The van der Waals surface area contributed by atoms with Crippen molar-refractivity contribution in [2.24, 2.45) is 0 Å². The van der Waals surface area contributed by atoms with Crippen LogP contribution in [-0.4, -0.2) is 33.3 Å². The molecule has 0 aliphatic carbocycles. The van der Waals surface area contributed by atoms with Crippen LogP contribution in [0.25, 0.3) is 0 Å². The van der Waals surface area contributed by atoms with Crippen molar-refractivity contribution in [3.63, 3.8) is 0 Å². The summed E-state index contributed by atoms with van der Waals surface area (Å²) in [5.74, 6) is 0. The van der Waals surface area contributed by atoms with E-state index >= 15 is 0 Å². The predicted molar refractivity (Wildman–Crippen MR) is 81.7 cm³/mol. The molecule has 104 valence electrons. The molecule has 0 aliphatic heterocycles. The van der Waals surface area contributed by atoms with Gasteiger partial charge in [-0.15, -0.1) is 0 Å². The zero-order valence-corrected chi connectivity index (χ0v) is 14.8. The van der Waals surface area contributed by atoms with Gasteiger partial charge in [0.15, 0.2) is 8.32 Å². The van der Waals surface area contributed by atoms with Crippen LogP contribution < -0.4 is 0 Å². The fraction of sp³-hybridized carbons (Fsp3) is 1.00. The van der Waals surface area contributed by atoms with E-state index in [9.17, 15) is 5.11 Å². The lowest BCUT2D eigenvalue weighted by Gasteiger charge is -2.41. The SMILES string of the molecule is CC[Si](CC)(CC)[C@H](C[C@@H](C)O)O[Si](C)(C)C. The molecule has 17 heavy (non-hydrogen) atoms. The first-order chi connectivity index (χ1) is 7.70. The Bertz CT molecular complexity index is 200. The minimum absolute atomic E-state index is 0.243. The van der Waals surface area contributed by atoms with Crippen molar-refractivity contribution in [2.45, 2.75) is 83.7 Å². The topological polar surface area (TPSA) is 29.5 Å². The van der Waals surface area contributed by atoms with Gasteiger partial charge in [0.05, 0.1) is 14.2 Å².